The van der Waals surface area contributed by atoms with Gasteiger partial charge in [-0.05, 0) is 44.9 Å². The maximum Gasteiger partial charge on any atom is 0.254 e. The minimum atomic E-state index is -0.395. The standard InChI is InChI=1S/C16H17FN2O2/c1-10-15(11(2)21-18-10)14-7-4-8-19(14)16(20)12-5-3-6-13(17)9-12/h3,5-6,9,14H,4,7-8H2,1-2H3/t14-/m0/s1. The van der Waals surface area contributed by atoms with Crippen LogP contribution in [0.2, 0.25) is 0 Å². The summed E-state index contributed by atoms with van der Waals surface area (Å²) in [6, 6.07) is 5.79. The lowest BCUT2D eigenvalue weighted by molar-refractivity contribution is 0.0734. The molecule has 4 nitrogen and oxygen atoms in total. The Hall–Kier alpha value is -2.17. The number of aromatic nitrogens is 1. The molecule has 0 bridgehead atoms. The Morgan fingerprint density at radius 2 is 2.24 bits per heavy atom. The van der Waals surface area contributed by atoms with Crippen molar-refractivity contribution < 1.29 is 13.7 Å². The average molecular weight is 288 g/mol. The van der Waals surface area contributed by atoms with Gasteiger partial charge in [0.25, 0.3) is 5.91 Å². The number of benzene rings is 1. The fourth-order valence-corrected chi connectivity index (χ4v) is 3.06. The number of hydrogen-bond donors (Lipinski definition) is 0. The number of rotatable bonds is 2. The fourth-order valence-electron chi connectivity index (χ4n) is 3.06. The van der Waals surface area contributed by atoms with Gasteiger partial charge in [0.2, 0.25) is 0 Å². The van der Waals surface area contributed by atoms with Crippen LogP contribution in [0.5, 0.6) is 0 Å². The lowest BCUT2D eigenvalue weighted by atomic mass is 10.0. The van der Waals surface area contributed by atoms with Gasteiger partial charge in [0, 0.05) is 17.7 Å². The third-order valence-electron chi connectivity index (χ3n) is 4.01. The molecule has 2 aromatic rings. The predicted octanol–water partition coefficient (Wildman–Crippen LogP) is 3.41. The van der Waals surface area contributed by atoms with Crippen molar-refractivity contribution in [3.05, 3.63) is 52.7 Å². The van der Waals surface area contributed by atoms with E-state index in [0.717, 1.165) is 29.9 Å². The van der Waals surface area contributed by atoms with Gasteiger partial charge in [-0.2, -0.15) is 0 Å². The van der Waals surface area contributed by atoms with E-state index in [4.69, 9.17) is 4.52 Å². The van der Waals surface area contributed by atoms with Gasteiger partial charge in [-0.1, -0.05) is 11.2 Å². The quantitative estimate of drug-likeness (QED) is 0.850. The molecule has 0 unspecified atom stereocenters. The van der Waals surface area contributed by atoms with Crippen LogP contribution in [-0.4, -0.2) is 22.5 Å². The molecule has 0 saturated carbocycles. The first-order chi connectivity index (χ1) is 10.1. The van der Waals surface area contributed by atoms with Gasteiger partial charge in [-0.15, -0.1) is 0 Å². The third-order valence-corrected chi connectivity index (χ3v) is 4.01. The zero-order chi connectivity index (χ0) is 15.0. The number of hydrogen-bond acceptors (Lipinski definition) is 3. The minimum absolute atomic E-state index is 0.0352. The van der Waals surface area contributed by atoms with E-state index in [-0.39, 0.29) is 11.9 Å². The summed E-state index contributed by atoms with van der Waals surface area (Å²) in [7, 11) is 0. The molecule has 3 rings (SSSR count). The van der Waals surface area contributed by atoms with Crippen molar-refractivity contribution in [1.29, 1.82) is 0 Å². The molecule has 1 aromatic heterocycles. The highest BCUT2D eigenvalue weighted by molar-refractivity contribution is 5.94. The first kappa shape index (κ1) is 13.8. The number of nitrogens with zero attached hydrogens (tertiary/aromatic N) is 2. The summed E-state index contributed by atoms with van der Waals surface area (Å²) in [4.78, 5) is 14.4. The summed E-state index contributed by atoms with van der Waals surface area (Å²) >= 11 is 0. The maximum atomic E-state index is 13.3. The van der Waals surface area contributed by atoms with Crippen molar-refractivity contribution in [3.8, 4) is 0 Å². The highest BCUT2D eigenvalue weighted by Gasteiger charge is 2.34. The molecule has 1 fully saturated rings. The van der Waals surface area contributed by atoms with Crippen LogP contribution in [0.4, 0.5) is 4.39 Å². The van der Waals surface area contributed by atoms with Crippen molar-refractivity contribution in [3.63, 3.8) is 0 Å². The number of aryl methyl sites for hydroxylation is 2. The molecule has 1 saturated heterocycles. The smallest absolute Gasteiger partial charge is 0.254 e. The highest BCUT2D eigenvalue weighted by atomic mass is 19.1. The van der Waals surface area contributed by atoms with E-state index < -0.39 is 5.82 Å². The van der Waals surface area contributed by atoms with Crippen LogP contribution in [0.1, 0.15) is 46.3 Å². The van der Waals surface area contributed by atoms with Crippen LogP contribution >= 0.6 is 0 Å². The number of amides is 1. The summed E-state index contributed by atoms with van der Waals surface area (Å²) in [5.41, 5.74) is 2.18. The Balaban J connectivity index is 1.93. The predicted molar refractivity (Wildman–Crippen MR) is 75.4 cm³/mol. The molecule has 0 spiro atoms. The average Bonchev–Trinajstić information content (AvgIpc) is 3.05. The van der Waals surface area contributed by atoms with E-state index in [0.29, 0.717) is 12.1 Å². The molecular formula is C16H17FN2O2. The highest BCUT2D eigenvalue weighted by Crippen LogP contribution is 2.36. The summed E-state index contributed by atoms with van der Waals surface area (Å²) in [5.74, 6) is 0.211. The molecule has 0 N–H and O–H groups in total. The van der Waals surface area contributed by atoms with Gasteiger partial charge in [0.15, 0.2) is 0 Å². The van der Waals surface area contributed by atoms with Crippen molar-refractivity contribution in [1.82, 2.24) is 10.1 Å². The molecule has 2 heterocycles. The number of carbonyl (C=O) groups excluding carboxylic acids is 1. The Morgan fingerprint density at radius 3 is 2.90 bits per heavy atom. The fraction of sp³-hybridized carbons (Fsp3) is 0.375. The van der Waals surface area contributed by atoms with E-state index in [9.17, 15) is 9.18 Å². The van der Waals surface area contributed by atoms with E-state index >= 15 is 0 Å². The van der Waals surface area contributed by atoms with Gasteiger partial charge < -0.3 is 9.42 Å². The van der Waals surface area contributed by atoms with E-state index in [1.165, 1.54) is 12.1 Å². The number of likely N-dealkylation sites (tertiary alicyclic amines) is 1. The monoisotopic (exact) mass is 288 g/mol. The Labute approximate surface area is 122 Å². The molecule has 110 valence electrons. The van der Waals surface area contributed by atoms with Gasteiger partial charge in [-0.25, -0.2) is 4.39 Å². The molecule has 1 aliphatic heterocycles. The van der Waals surface area contributed by atoms with Gasteiger partial charge >= 0.3 is 0 Å². The first-order valence-corrected chi connectivity index (χ1v) is 7.07. The summed E-state index contributed by atoms with van der Waals surface area (Å²) in [5, 5.41) is 3.97. The van der Waals surface area contributed by atoms with Crippen LogP contribution in [0.3, 0.4) is 0 Å². The van der Waals surface area contributed by atoms with E-state index in [2.05, 4.69) is 5.16 Å². The van der Waals surface area contributed by atoms with Crippen LogP contribution in [0.15, 0.2) is 28.8 Å². The van der Waals surface area contributed by atoms with E-state index in [1.54, 1.807) is 17.0 Å². The zero-order valence-electron chi connectivity index (χ0n) is 12.1. The molecule has 1 amide bonds. The van der Waals surface area contributed by atoms with Crippen LogP contribution in [0.25, 0.3) is 0 Å². The summed E-state index contributed by atoms with van der Waals surface area (Å²) in [6.07, 6.45) is 1.81. The minimum Gasteiger partial charge on any atom is -0.361 e. The molecular weight excluding hydrogens is 271 g/mol. The second-order valence-corrected chi connectivity index (χ2v) is 5.40. The molecule has 1 atom stereocenters. The molecule has 0 radical (unpaired) electrons. The Bertz CT molecular complexity index is 661. The topological polar surface area (TPSA) is 46.3 Å². The van der Waals surface area contributed by atoms with Crippen molar-refractivity contribution in [2.75, 3.05) is 6.54 Å². The Kier molecular flexibility index (Phi) is 3.49. The summed E-state index contributed by atoms with van der Waals surface area (Å²) in [6.45, 7) is 4.41. The SMILES string of the molecule is Cc1noc(C)c1[C@@H]1CCCN1C(=O)c1cccc(F)c1. The lowest BCUT2D eigenvalue weighted by Crippen LogP contribution is -2.31. The first-order valence-electron chi connectivity index (χ1n) is 7.07. The zero-order valence-corrected chi connectivity index (χ0v) is 12.1. The van der Waals surface area contributed by atoms with Gasteiger partial charge in [0.05, 0.1) is 11.7 Å². The normalized spacial score (nSPS) is 18.2. The molecule has 1 aliphatic rings. The lowest BCUT2D eigenvalue weighted by Gasteiger charge is -2.24. The van der Waals surface area contributed by atoms with Gasteiger partial charge in [0.1, 0.15) is 11.6 Å². The summed E-state index contributed by atoms with van der Waals surface area (Å²) < 4.78 is 18.5. The second-order valence-electron chi connectivity index (χ2n) is 5.40. The van der Waals surface area contributed by atoms with Crippen LogP contribution in [0, 0.1) is 19.7 Å². The largest absolute Gasteiger partial charge is 0.361 e. The second kappa shape index (κ2) is 5.31. The van der Waals surface area contributed by atoms with Gasteiger partial charge in [-0.3, -0.25) is 4.79 Å². The molecule has 5 heteroatoms. The maximum absolute atomic E-state index is 13.3. The molecule has 0 aliphatic carbocycles. The van der Waals surface area contributed by atoms with Crippen LogP contribution < -0.4 is 0 Å². The van der Waals surface area contributed by atoms with Crippen molar-refractivity contribution in [2.24, 2.45) is 0 Å². The van der Waals surface area contributed by atoms with Crippen molar-refractivity contribution in [2.45, 2.75) is 32.7 Å². The number of halogens is 1. The number of carbonyl (C=O) groups is 1. The van der Waals surface area contributed by atoms with Crippen LogP contribution in [-0.2, 0) is 0 Å². The Morgan fingerprint density at radius 1 is 1.43 bits per heavy atom. The molecule has 21 heavy (non-hydrogen) atoms. The van der Waals surface area contributed by atoms with Crippen molar-refractivity contribution >= 4 is 5.91 Å². The van der Waals surface area contributed by atoms with E-state index in [1.807, 2.05) is 13.8 Å². The molecule has 1 aromatic carbocycles. The third kappa shape index (κ3) is 2.44.